The maximum atomic E-state index is 12.0. The molecular formula is C14H15NO4S2. The zero-order valence-electron chi connectivity index (χ0n) is 11.2. The zero-order valence-corrected chi connectivity index (χ0v) is 12.8. The van der Waals surface area contributed by atoms with E-state index in [-0.39, 0.29) is 10.8 Å². The van der Waals surface area contributed by atoms with Crippen LogP contribution in [0.1, 0.15) is 17.2 Å². The van der Waals surface area contributed by atoms with Crippen LogP contribution in [0.15, 0.2) is 39.9 Å². The molecule has 1 aromatic carbocycles. The van der Waals surface area contributed by atoms with Crippen molar-refractivity contribution in [3.05, 3.63) is 46.8 Å². The van der Waals surface area contributed by atoms with Crippen LogP contribution in [0.5, 0.6) is 5.75 Å². The number of aliphatic hydroxyl groups excluding tert-OH is 1. The molecule has 21 heavy (non-hydrogen) atoms. The molecule has 1 aliphatic rings. The Morgan fingerprint density at radius 1 is 1.38 bits per heavy atom. The number of ether oxygens (including phenoxy) is 1. The van der Waals surface area contributed by atoms with Crippen molar-refractivity contribution in [1.82, 2.24) is 4.72 Å². The molecule has 2 heterocycles. The highest BCUT2D eigenvalue weighted by Crippen LogP contribution is 2.28. The Balaban J connectivity index is 1.68. The van der Waals surface area contributed by atoms with E-state index >= 15 is 0 Å². The van der Waals surface area contributed by atoms with Gasteiger partial charge in [-0.1, -0.05) is 12.1 Å². The number of sulfonamides is 1. The lowest BCUT2D eigenvalue weighted by Crippen LogP contribution is -2.28. The van der Waals surface area contributed by atoms with Crippen molar-refractivity contribution in [1.29, 1.82) is 0 Å². The van der Waals surface area contributed by atoms with Gasteiger partial charge in [0, 0.05) is 13.0 Å². The molecule has 0 saturated carbocycles. The lowest BCUT2D eigenvalue weighted by atomic mass is 10.0. The molecule has 0 saturated heterocycles. The number of aliphatic hydroxyl groups is 1. The molecule has 7 heteroatoms. The first kappa shape index (κ1) is 14.5. The maximum absolute atomic E-state index is 12.0. The first-order chi connectivity index (χ1) is 10.1. The van der Waals surface area contributed by atoms with E-state index in [1.54, 1.807) is 17.5 Å². The van der Waals surface area contributed by atoms with Crippen LogP contribution in [0.25, 0.3) is 0 Å². The van der Waals surface area contributed by atoms with E-state index in [1.807, 2.05) is 12.1 Å². The summed E-state index contributed by atoms with van der Waals surface area (Å²) < 4.78 is 32.0. The SMILES string of the molecule is O=S(=O)(NCC(O)c1ccc2c(c1)CCO2)c1cccs1. The molecule has 0 fully saturated rings. The predicted octanol–water partition coefficient (Wildman–Crippen LogP) is 1.69. The largest absolute Gasteiger partial charge is 0.493 e. The van der Waals surface area contributed by atoms with E-state index < -0.39 is 16.1 Å². The second kappa shape index (κ2) is 5.76. The third kappa shape index (κ3) is 3.11. The van der Waals surface area contributed by atoms with Gasteiger partial charge in [-0.15, -0.1) is 11.3 Å². The Hall–Kier alpha value is -1.41. The third-order valence-corrected chi connectivity index (χ3v) is 6.15. The number of benzene rings is 1. The highest BCUT2D eigenvalue weighted by Gasteiger charge is 2.19. The van der Waals surface area contributed by atoms with Crippen LogP contribution >= 0.6 is 11.3 Å². The second-order valence-electron chi connectivity index (χ2n) is 4.77. The van der Waals surface area contributed by atoms with Crippen molar-refractivity contribution < 1.29 is 18.3 Å². The minimum absolute atomic E-state index is 0.0557. The van der Waals surface area contributed by atoms with E-state index in [0.717, 1.165) is 29.1 Å². The maximum Gasteiger partial charge on any atom is 0.250 e. The van der Waals surface area contributed by atoms with Crippen LogP contribution in [0.3, 0.4) is 0 Å². The van der Waals surface area contributed by atoms with E-state index in [4.69, 9.17) is 4.74 Å². The molecule has 3 rings (SSSR count). The molecule has 0 aliphatic carbocycles. The van der Waals surface area contributed by atoms with Crippen molar-refractivity contribution in [2.24, 2.45) is 0 Å². The van der Waals surface area contributed by atoms with Gasteiger partial charge >= 0.3 is 0 Å². The number of hydrogen-bond acceptors (Lipinski definition) is 5. The highest BCUT2D eigenvalue weighted by molar-refractivity contribution is 7.91. The van der Waals surface area contributed by atoms with Gasteiger partial charge in [-0.3, -0.25) is 0 Å². The van der Waals surface area contributed by atoms with E-state index in [1.165, 1.54) is 6.07 Å². The van der Waals surface area contributed by atoms with Crippen LogP contribution in [0.4, 0.5) is 0 Å². The van der Waals surface area contributed by atoms with Gasteiger partial charge in [-0.05, 0) is 34.7 Å². The van der Waals surface area contributed by atoms with E-state index in [9.17, 15) is 13.5 Å². The monoisotopic (exact) mass is 325 g/mol. The van der Waals surface area contributed by atoms with Crippen LogP contribution < -0.4 is 9.46 Å². The summed E-state index contributed by atoms with van der Waals surface area (Å²) in [5.41, 5.74) is 1.74. The lowest BCUT2D eigenvalue weighted by Gasteiger charge is -2.13. The fourth-order valence-electron chi connectivity index (χ4n) is 2.21. The molecule has 1 unspecified atom stereocenters. The van der Waals surface area contributed by atoms with Crippen molar-refractivity contribution in [3.8, 4) is 5.75 Å². The molecule has 1 aromatic heterocycles. The summed E-state index contributed by atoms with van der Waals surface area (Å²) in [5.74, 6) is 0.838. The lowest BCUT2D eigenvalue weighted by molar-refractivity contribution is 0.182. The smallest absolute Gasteiger partial charge is 0.250 e. The quantitative estimate of drug-likeness (QED) is 0.877. The molecule has 0 radical (unpaired) electrons. The molecule has 0 bridgehead atoms. The Morgan fingerprint density at radius 3 is 3.00 bits per heavy atom. The fraction of sp³-hybridized carbons (Fsp3) is 0.286. The first-order valence-electron chi connectivity index (χ1n) is 6.53. The summed E-state index contributed by atoms with van der Waals surface area (Å²) in [4.78, 5) is 0. The minimum Gasteiger partial charge on any atom is -0.493 e. The molecule has 112 valence electrons. The van der Waals surface area contributed by atoms with Crippen molar-refractivity contribution in [2.75, 3.05) is 13.2 Å². The summed E-state index contributed by atoms with van der Waals surface area (Å²) in [7, 11) is -3.55. The average Bonchev–Trinajstić information content (AvgIpc) is 3.14. The van der Waals surface area contributed by atoms with Gasteiger partial charge in [-0.25, -0.2) is 13.1 Å². The zero-order chi connectivity index (χ0) is 14.9. The van der Waals surface area contributed by atoms with Crippen LogP contribution in [0, 0.1) is 0 Å². The Morgan fingerprint density at radius 2 is 2.24 bits per heavy atom. The topological polar surface area (TPSA) is 75.6 Å². The summed E-state index contributed by atoms with van der Waals surface area (Å²) in [6, 6.07) is 8.65. The van der Waals surface area contributed by atoms with Crippen LogP contribution in [-0.2, 0) is 16.4 Å². The van der Waals surface area contributed by atoms with Gasteiger partial charge < -0.3 is 9.84 Å². The standard InChI is InChI=1S/C14H15NO4S2/c16-12(9-15-21(17,18)14-2-1-7-20-14)10-3-4-13-11(8-10)5-6-19-13/h1-4,7-8,12,15-16H,5-6,9H2. The summed E-state index contributed by atoms with van der Waals surface area (Å²) in [6.07, 6.45) is -0.0674. The van der Waals surface area contributed by atoms with Gasteiger partial charge in [0.25, 0.3) is 0 Å². The first-order valence-corrected chi connectivity index (χ1v) is 8.89. The highest BCUT2D eigenvalue weighted by atomic mass is 32.2. The minimum atomic E-state index is -3.55. The van der Waals surface area contributed by atoms with Gasteiger partial charge in [-0.2, -0.15) is 0 Å². The molecular weight excluding hydrogens is 310 g/mol. The average molecular weight is 325 g/mol. The summed E-state index contributed by atoms with van der Waals surface area (Å²) >= 11 is 1.15. The number of fused-ring (bicyclic) bond motifs is 1. The predicted molar refractivity (Wildman–Crippen MR) is 80.1 cm³/mol. The Kier molecular flexibility index (Phi) is 3.99. The third-order valence-electron chi connectivity index (χ3n) is 3.32. The van der Waals surface area contributed by atoms with Gasteiger partial charge in [0.1, 0.15) is 9.96 Å². The van der Waals surface area contributed by atoms with Crippen molar-refractivity contribution >= 4 is 21.4 Å². The van der Waals surface area contributed by atoms with Crippen molar-refractivity contribution in [2.45, 2.75) is 16.7 Å². The molecule has 1 atom stereocenters. The van der Waals surface area contributed by atoms with Gasteiger partial charge in [0.2, 0.25) is 10.0 Å². The van der Waals surface area contributed by atoms with E-state index in [0.29, 0.717) is 12.2 Å². The normalized spacial score (nSPS) is 15.5. The van der Waals surface area contributed by atoms with Gasteiger partial charge in [0.05, 0.1) is 12.7 Å². The molecule has 0 amide bonds. The Bertz CT molecular complexity index is 725. The summed E-state index contributed by atoms with van der Waals surface area (Å²) in [6.45, 7) is 0.597. The van der Waals surface area contributed by atoms with Crippen LogP contribution in [-0.4, -0.2) is 26.7 Å². The van der Waals surface area contributed by atoms with Gasteiger partial charge in [0.15, 0.2) is 0 Å². The van der Waals surface area contributed by atoms with Crippen molar-refractivity contribution in [3.63, 3.8) is 0 Å². The Labute approximate surface area is 127 Å². The summed E-state index contributed by atoms with van der Waals surface area (Å²) in [5, 5.41) is 11.8. The number of nitrogens with one attached hydrogen (secondary N) is 1. The molecule has 2 N–H and O–H groups in total. The number of thiophene rings is 1. The number of hydrogen-bond donors (Lipinski definition) is 2. The molecule has 0 spiro atoms. The number of rotatable bonds is 5. The van der Waals surface area contributed by atoms with E-state index in [2.05, 4.69) is 4.72 Å². The molecule has 1 aliphatic heterocycles. The van der Waals surface area contributed by atoms with Crippen LogP contribution in [0.2, 0.25) is 0 Å². The molecule has 2 aromatic rings. The second-order valence-corrected chi connectivity index (χ2v) is 7.71. The molecule has 5 nitrogen and oxygen atoms in total. The fourth-order valence-corrected chi connectivity index (χ4v) is 4.28.